The number of benzene rings is 2. The van der Waals surface area contributed by atoms with Gasteiger partial charge in [-0.25, -0.2) is 4.68 Å². The Morgan fingerprint density at radius 2 is 1.93 bits per heavy atom. The van der Waals surface area contributed by atoms with Crippen LogP contribution in [-0.2, 0) is 19.6 Å². The number of hydrogen-bond acceptors (Lipinski definition) is 3. The maximum atomic E-state index is 12.9. The zero-order valence-corrected chi connectivity index (χ0v) is 15.1. The Morgan fingerprint density at radius 3 is 2.74 bits per heavy atom. The quantitative estimate of drug-likeness (QED) is 0.736. The summed E-state index contributed by atoms with van der Waals surface area (Å²) in [7, 11) is 0. The lowest BCUT2D eigenvalue weighted by Gasteiger charge is -2.10. The third kappa shape index (κ3) is 3.15. The first kappa shape index (κ1) is 16.3. The molecule has 1 saturated carbocycles. The van der Waals surface area contributed by atoms with Gasteiger partial charge in [-0.3, -0.25) is 4.79 Å². The molecule has 0 radical (unpaired) electrons. The van der Waals surface area contributed by atoms with Crippen LogP contribution in [0.3, 0.4) is 0 Å². The van der Waals surface area contributed by atoms with Crippen molar-refractivity contribution >= 4 is 5.91 Å². The lowest BCUT2D eigenvalue weighted by Crippen LogP contribution is -2.23. The molecule has 1 amide bonds. The topological polar surface area (TPSA) is 59.0 Å². The first-order valence-corrected chi connectivity index (χ1v) is 9.52. The van der Waals surface area contributed by atoms with Crippen LogP contribution in [-0.4, -0.2) is 15.7 Å². The number of para-hydroxylation sites is 1. The van der Waals surface area contributed by atoms with E-state index in [4.69, 9.17) is 0 Å². The summed E-state index contributed by atoms with van der Waals surface area (Å²) in [6.07, 6.45) is 3.95. The lowest BCUT2D eigenvalue weighted by atomic mass is 10.1. The number of hydrogen-bond donors (Lipinski definition) is 2. The van der Waals surface area contributed by atoms with Gasteiger partial charge in [-0.2, -0.15) is 5.10 Å². The molecule has 1 aliphatic heterocycles. The summed E-state index contributed by atoms with van der Waals surface area (Å²) in [4.78, 5) is 12.9. The summed E-state index contributed by atoms with van der Waals surface area (Å²) in [5, 5.41) is 11.0. The highest BCUT2D eigenvalue weighted by atomic mass is 16.1. The molecule has 136 valence electrons. The predicted octanol–water partition coefficient (Wildman–Crippen LogP) is 3.28. The zero-order chi connectivity index (χ0) is 18.2. The number of nitrogens with zero attached hydrogens (tertiary/aromatic N) is 2. The van der Waals surface area contributed by atoms with Gasteiger partial charge in [0.15, 0.2) is 0 Å². The van der Waals surface area contributed by atoms with Gasteiger partial charge in [0.2, 0.25) is 0 Å². The number of nitrogens with one attached hydrogen (secondary N) is 2. The van der Waals surface area contributed by atoms with Crippen molar-refractivity contribution in [2.75, 3.05) is 0 Å². The third-order valence-corrected chi connectivity index (χ3v) is 5.37. The van der Waals surface area contributed by atoms with Gasteiger partial charge >= 0.3 is 0 Å². The maximum Gasteiger partial charge on any atom is 0.255 e. The van der Waals surface area contributed by atoms with E-state index >= 15 is 0 Å². The van der Waals surface area contributed by atoms with Crippen LogP contribution in [0.5, 0.6) is 0 Å². The fraction of sp³-hybridized carbons (Fsp3) is 0.273. The second-order valence-electron chi connectivity index (χ2n) is 7.35. The van der Waals surface area contributed by atoms with Crippen molar-refractivity contribution in [2.24, 2.45) is 0 Å². The van der Waals surface area contributed by atoms with Crippen LogP contribution >= 0.6 is 0 Å². The first-order chi connectivity index (χ1) is 13.3. The Labute approximate surface area is 158 Å². The molecule has 0 atom stereocenters. The average Bonchev–Trinajstić information content (AvgIpc) is 3.27. The van der Waals surface area contributed by atoms with Crippen LogP contribution in [0.15, 0.2) is 54.7 Å². The summed E-state index contributed by atoms with van der Waals surface area (Å²) in [5.74, 6) is 0.386. The van der Waals surface area contributed by atoms with Gasteiger partial charge in [-0.1, -0.05) is 36.4 Å². The van der Waals surface area contributed by atoms with Gasteiger partial charge in [0.25, 0.3) is 5.91 Å². The van der Waals surface area contributed by atoms with E-state index in [9.17, 15) is 4.79 Å². The van der Waals surface area contributed by atoms with Crippen LogP contribution in [0.4, 0.5) is 0 Å². The Balaban J connectivity index is 1.37. The van der Waals surface area contributed by atoms with Gasteiger partial charge in [0, 0.05) is 25.6 Å². The summed E-state index contributed by atoms with van der Waals surface area (Å²) in [5.41, 5.74) is 6.56. The molecule has 0 saturated heterocycles. The summed E-state index contributed by atoms with van der Waals surface area (Å²) in [6, 6.07) is 16.5. The SMILES string of the molecule is O=C(NCc1ccc2c(c1)CNC2)c1cnn(-c2ccccc2)c1C1CC1. The van der Waals surface area contributed by atoms with Crippen LogP contribution in [0, 0.1) is 0 Å². The molecular weight excluding hydrogens is 336 g/mol. The van der Waals surface area contributed by atoms with Crippen LogP contribution in [0.25, 0.3) is 5.69 Å². The predicted molar refractivity (Wildman–Crippen MR) is 104 cm³/mol. The Hall–Kier alpha value is -2.92. The molecule has 2 aliphatic rings. The van der Waals surface area contributed by atoms with Gasteiger partial charge in [0.1, 0.15) is 0 Å². The fourth-order valence-electron chi connectivity index (χ4n) is 3.79. The molecular formula is C22H22N4O. The van der Waals surface area contributed by atoms with E-state index in [-0.39, 0.29) is 5.91 Å². The molecule has 2 heterocycles. The number of fused-ring (bicyclic) bond motifs is 1. The molecule has 27 heavy (non-hydrogen) atoms. The molecule has 3 aromatic rings. The molecule has 5 heteroatoms. The van der Waals surface area contributed by atoms with Crippen LogP contribution in [0.1, 0.15) is 51.5 Å². The van der Waals surface area contributed by atoms with Gasteiger partial charge in [-0.15, -0.1) is 0 Å². The Morgan fingerprint density at radius 1 is 1.11 bits per heavy atom. The Kier molecular flexibility index (Phi) is 4.02. The molecule has 0 bridgehead atoms. The monoisotopic (exact) mass is 358 g/mol. The van der Waals surface area contributed by atoms with Gasteiger partial charge in [0.05, 0.1) is 23.1 Å². The molecule has 5 nitrogen and oxygen atoms in total. The molecule has 0 spiro atoms. The minimum atomic E-state index is -0.0438. The number of rotatable bonds is 5. The normalized spacial score (nSPS) is 15.6. The third-order valence-electron chi connectivity index (χ3n) is 5.37. The van der Waals surface area contributed by atoms with Crippen molar-refractivity contribution in [1.82, 2.24) is 20.4 Å². The number of amides is 1. The maximum absolute atomic E-state index is 12.9. The lowest BCUT2D eigenvalue weighted by molar-refractivity contribution is 0.0950. The number of carbonyl (C=O) groups excluding carboxylic acids is 1. The van der Waals surface area contributed by atoms with E-state index in [2.05, 4.69) is 33.9 Å². The van der Waals surface area contributed by atoms with Crippen molar-refractivity contribution < 1.29 is 4.79 Å². The van der Waals surface area contributed by atoms with Crippen molar-refractivity contribution in [3.05, 3.63) is 82.7 Å². The molecule has 1 fully saturated rings. The van der Waals surface area contributed by atoms with E-state index in [0.717, 1.165) is 42.9 Å². The van der Waals surface area contributed by atoms with E-state index in [1.165, 1.54) is 11.1 Å². The van der Waals surface area contributed by atoms with E-state index in [1.54, 1.807) is 6.20 Å². The van der Waals surface area contributed by atoms with Gasteiger partial charge in [-0.05, 0) is 41.7 Å². The average molecular weight is 358 g/mol. The fourth-order valence-corrected chi connectivity index (χ4v) is 3.79. The minimum Gasteiger partial charge on any atom is -0.348 e. The molecule has 2 N–H and O–H groups in total. The standard InChI is InChI=1S/C22H22N4O/c27-22(24-11-15-6-7-17-12-23-13-18(17)10-15)20-14-25-26(21(20)16-8-9-16)19-4-2-1-3-5-19/h1-7,10,14,16,23H,8-9,11-13H2,(H,24,27). The highest BCUT2D eigenvalue weighted by molar-refractivity contribution is 5.95. The van der Waals surface area contributed by atoms with Crippen molar-refractivity contribution in [1.29, 1.82) is 0 Å². The van der Waals surface area contributed by atoms with E-state index < -0.39 is 0 Å². The summed E-state index contributed by atoms with van der Waals surface area (Å²) >= 11 is 0. The summed E-state index contributed by atoms with van der Waals surface area (Å²) in [6.45, 7) is 2.38. The zero-order valence-electron chi connectivity index (χ0n) is 15.1. The number of aromatic nitrogens is 2. The Bertz CT molecular complexity index is 989. The van der Waals surface area contributed by atoms with Crippen LogP contribution in [0.2, 0.25) is 0 Å². The van der Waals surface area contributed by atoms with Crippen molar-refractivity contribution in [3.63, 3.8) is 0 Å². The highest BCUT2D eigenvalue weighted by Crippen LogP contribution is 2.42. The second-order valence-corrected chi connectivity index (χ2v) is 7.35. The molecule has 1 aromatic heterocycles. The molecule has 0 unspecified atom stereocenters. The number of carbonyl (C=O) groups is 1. The van der Waals surface area contributed by atoms with Crippen LogP contribution < -0.4 is 10.6 Å². The smallest absolute Gasteiger partial charge is 0.255 e. The highest BCUT2D eigenvalue weighted by Gasteiger charge is 2.32. The van der Waals surface area contributed by atoms with Crippen molar-refractivity contribution in [2.45, 2.75) is 38.4 Å². The molecule has 1 aliphatic carbocycles. The molecule has 2 aromatic carbocycles. The minimum absolute atomic E-state index is 0.0438. The van der Waals surface area contributed by atoms with E-state index in [1.807, 2.05) is 35.0 Å². The largest absolute Gasteiger partial charge is 0.348 e. The molecule has 5 rings (SSSR count). The first-order valence-electron chi connectivity index (χ1n) is 9.52. The van der Waals surface area contributed by atoms with Gasteiger partial charge < -0.3 is 10.6 Å². The summed E-state index contributed by atoms with van der Waals surface area (Å²) < 4.78 is 1.92. The van der Waals surface area contributed by atoms with E-state index in [0.29, 0.717) is 18.0 Å². The van der Waals surface area contributed by atoms with Crippen molar-refractivity contribution in [3.8, 4) is 5.69 Å². The second kappa shape index (κ2) is 6.67.